The Hall–Kier alpha value is -3.28. The molecule has 1 atom stereocenters. The van der Waals surface area contributed by atoms with Crippen LogP contribution in [0.2, 0.25) is 0 Å². The number of methoxy groups -OCH3 is 1. The van der Waals surface area contributed by atoms with Gasteiger partial charge in [0.25, 0.3) is 5.56 Å². The number of H-pyrrole nitrogens is 1. The van der Waals surface area contributed by atoms with E-state index >= 15 is 0 Å². The summed E-state index contributed by atoms with van der Waals surface area (Å²) in [5.74, 6) is 2.11. The number of rotatable bonds is 10. The molecule has 0 spiro atoms. The highest BCUT2D eigenvalue weighted by molar-refractivity contribution is 7.09. The second kappa shape index (κ2) is 10.5. The van der Waals surface area contributed by atoms with Crippen molar-refractivity contribution in [1.82, 2.24) is 30.1 Å². The molecule has 4 heterocycles. The summed E-state index contributed by atoms with van der Waals surface area (Å²) in [5, 5.41) is 15.4. The SMILES string of the molecule is CC[C@@H](c1nnnn1CCOC)N(Cc1cccs1)Cc1cc2cc3c(cc2[nH]c1=O)OCCO3. The van der Waals surface area contributed by atoms with Gasteiger partial charge in [0.05, 0.1) is 24.7 Å². The molecule has 3 aromatic heterocycles. The fourth-order valence-electron chi connectivity index (χ4n) is 4.39. The third kappa shape index (κ3) is 5.07. The van der Waals surface area contributed by atoms with E-state index in [2.05, 4.69) is 43.8 Å². The number of hydrogen-bond acceptors (Lipinski definition) is 9. The number of pyridine rings is 1. The van der Waals surface area contributed by atoms with Crippen LogP contribution in [0.4, 0.5) is 0 Å². The van der Waals surface area contributed by atoms with Crippen LogP contribution in [0, 0.1) is 0 Å². The largest absolute Gasteiger partial charge is 0.486 e. The summed E-state index contributed by atoms with van der Waals surface area (Å²) in [5.41, 5.74) is 1.27. The number of nitrogens with one attached hydrogen (secondary N) is 1. The van der Waals surface area contributed by atoms with Crippen LogP contribution < -0.4 is 15.0 Å². The molecule has 10 nitrogen and oxygen atoms in total. The van der Waals surface area contributed by atoms with Gasteiger partial charge in [0, 0.05) is 42.1 Å². The van der Waals surface area contributed by atoms with E-state index < -0.39 is 0 Å². The van der Waals surface area contributed by atoms with E-state index in [1.54, 1.807) is 23.1 Å². The third-order valence-electron chi connectivity index (χ3n) is 6.09. The quantitative estimate of drug-likeness (QED) is 0.357. The Morgan fingerprint density at radius 1 is 1.23 bits per heavy atom. The van der Waals surface area contributed by atoms with Gasteiger partial charge in [0.1, 0.15) is 13.2 Å². The Kier molecular flexibility index (Phi) is 7.07. The number of ether oxygens (including phenoxy) is 3. The van der Waals surface area contributed by atoms with E-state index in [1.807, 2.05) is 24.3 Å². The van der Waals surface area contributed by atoms with Crippen LogP contribution in [0.3, 0.4) is 0 Å². The van der Waals surface area contributed by atoms with Crippen LogP contribution in [0.25, 0.3) is 10.9 Å². The molecule has 0 radical (unpaired) electrons. The van der Waals surface area contributed by atoms with Gasteiger partial charge in [-0.25, -0.2) is 4.68 Å². The lowest BCUT2D eigenvalue weighted by Gasteiger charge is -2.30. The minimum atomic E-state index is -0.126. The highest BCUT2D eigenvalue weighted by Crippen LogP contribution is 2.34. The zero-order chi connectivity index (χ0) is 24.2. The van der Waals surface area contributed by atoms with Crippen LogP contribution in [-0.4, -0.2) is 57.0 Å². The molecule has 1 aromatic carbocycles. The van der Waals surface area contributed by atoms with Crippen molar-refractivity contribution in [2.75, 3.05) is 26.9 Å². The Labute approximate surface area is 206 Å². The minimum Gasteiger partial charge on any atom is -0.486 e. The Morgan fingerprint density at radius 2 is 2.06 bits per heavy atom. The first-order valence-electron chi connectivity index (χ1n) is 11.6. The topological polar surface area (TPSA) is 107 Å². The number of aromatic nitrogens is 5. The standard InChI is InChI=1S/C24H28N6O4S/c1-3-20(23-26-27-28-30(23)6-7-32-2)29(15-18-5-4-10-35-18)14-17-11-16-12-21-22(34-9-8-33-21)13-19(16)25-24(17)31/h4-5,10-13,20H,3,6-9,14-15H2,1-2H3,(H,25,31)/t20-/m0/s1. The molecule has 0 unspecified atom stereocenters. The summed E-state index contributed by atoms with van der Waals surface area (Å²) in [7, 11) is 1.66. The predicted octanol–water partition coefficient (Wildman–Crippen LogP) is 3.15. The van der Waals surface area contributed by atoms with Crippen LogP contribution in [0.5, 0.6) is 11.5 Å². The van der Waals surface area contributed by atoms with Crippen molar-refractivity contribution in [3.05, 3.63) is 62.3 Å². The maximum atomic E-state index is 13.1. The Morgan fingerprint density at radius 3 is 2.80 bits per heavy atom. The first-order valence-corrected chi connectivity index (χ1v) is 12.5. The fourth-order valence-corrected chi connectivity index (χ4v) is 5.12. The van der Waals surface area contributed by atoms with Crippen molar-refractivity contribution in [3.8, 4) is 11.5 Å². The van der Waals surface area contributed by atoms with E-state index in [0.717, 1.165) is 23.1 Å². The monoisotopic (exact) mass is 496 g/mol. The predicted molar refractivity (Wildman–Crippen MR) is 132 cm³/mol. The van der Waals surface area contributed by atoms with Gasteiger partial charge in [-0.05, 0) is 40.4 Å². The molecule has 0 saturated heterocycles. The number of benzene rings is 1. The summed E-state index contributed by atoms with van der Waals surface area (Å²) in [6.45, 7) is 5.31. The molecule has 184 valence electrons. The lowest BCUT2D eigenvalue weighted by Crippen LogP contribution is -2.32. The van der Waals surface area contributed by atoms with Crippen molar-refractivity contribution in [2.45, 2.75) is 39.0 Å². The Bertz CT molecular complexity index is 1340. The molecule has 1 aliphatic heterocycles. The average Bonchev–Trinajstić information content (AvgIpc) is 3.55. The van der Waals surface area contributed by atoms with Crippen LogP contribution >= 0.6 is 11.3 Å². The maximum Gasteiger partial charge on any atom is 0.252 e. The lowest BCUT2D eigenvalue weighted by molar-refractivity contribution is 0.152. The van der Waals surface area contributed by atoms with Gasteiger partial charge in [-0.3, -0.25) is 9.69 Å². The molecule has 0 saturated carbocycles. The van der Waals surface area contributed by atoms with E-state index in [9.17, 15) is 4.79 Å². The van der Waals surface area contributed by atoms with Gasteiger partial charge in [-0.1, -0.05) is 13.0 Å². The summed E-state index contributed by atoms with van der Waals surface area (Å²) in [6, 6.07) is 9.75. The number of nitrogens with zero attached hydrogens (tertiary/aromatic N) is 5. The van der Waals surface area contributed by atoms with Crippen molar-refractivity contribution < 1.29 is 14.2 Å². The van der Waals surface area contributed by atoms with Crippen LogP contribution in [-0.2, 0) is 24.4 Å². The third-order valence-corrected chi connectivity index (χ3v) is 6.95. The molecule has 0 aliphatic carbocycles. The lowest BCUT2D eigenvalue weighted by atomic mass is 10.1. The number of aromatic amines is 1. The second-order valence-corrected chi connectivity index (χ2v) is 9.40. The Balaban J connectivity index is 1.50. The number of hydrogen-bond donors (Lipinski definition) is 1. The van der Waals surface area contributed by atoms with Gasteiger partial charge >= 0.3 is 0 Å². The van der Waals surface area contributed by atoms with Gasteiger partial charge in [-0.2, -0.15) is 0 Å². The summed E-state index contributed by atoms with van der Waals surface area (Å²) in [4.78, 5) is 19.6. The van der Waals surface area contributed by atoms with Gasteiger partial charge in [0.2, 0.25) is 0 Å². The van der Waals surface area contributed by atoms with Crippen molar-refractivity contribution in [2.24, 2.45) is 0 Å². The molecule has 35 heavy (non-hydrogen) atoms. The van der Waals surface area contributed by atoms with Crippen LogP contribution in [0.15, 0.2) is 40.5 Å². The molecule has 5 rings (SSSR count). The zero-order valence-electron chi connectivity index (χ0n) is 19.8. The first-order chi connectivity index (χ1) is 17.2. The van der Waals surface area contributed by atoms with Crippen LogP contribution in [0.1, 0.15) is 35.7 Å². The van der Waals surface area contributed by atoms with E-state index in [4.69, 9.17) is 14.2 Å². The van der Waals surface area contributed by atoms with Crippen molar-refractivity contribution in [3.63, 3.8) is 0 Å². The smallest absolute Gasteiger partial charge is 0.252 e. The van der Waals surface area contributed by atoms with Crippen molar-refractivity contribution >= 4 is 22.2 Å². The first kappa shape index (κ1) is 23.5. The second-order valence-electron chi connectivity index (χ2n) is 8.37. The maximum absolute atomic E-state index is 13.1. The highest BCUT2D eigenvalue weighted by Gasteiger charge is 2.26. The summed E-state index contributed by atoms with van der Waals surface area (Å²) >= 11 is 1.69. The number of fused-ring (bicyclic) bond motifs is 2. The normalized spacial score (nSPS) is 14.0. The zero-order valence-corrected chi connectivity index (χ0v) is 20.6. The van der Waals surface area contributed by atoms with E-state index in [-0.39, 0.29) is 11.6 Å². The van der Waals surface area contributed by atoms with Crippen molar-refractivity contribution in [1.29, 1.82) is 0 Å². The van der Waals surface area contributed by atoms with Gasteiger partial charge in [0.15, 0.2) is 17.3 Å². The molecule has 0 bridgehead atoms. The van der Waals surface area contributed by atoms with E-state index in [1.165, 1.54) is 4.88 Å². The van der Waals surface area contributed by atoms with Gasteiger partial charge < -0.3 is 19.2 Å². The number of thiophene rings is 1. The summed E-state index contributed by atoms with van der Waals surface area (Å²) in [6.07, 6.45) is 0.781. The average molecular weight is 497 g/mol. The molecular weight excluding hydrogens is 468 g/mol. The molecule has 0 amide bonds. The molecule has 1 N–H and O–H groups in total. The molecule has 1 aliphatic rings. The highest BCUT2D eigenvalue weighted by atomic mass is 32.1. The number of tetrazole rings is 1. The fraction of sp³-hybridized carbons (Fsp3) is 0.417. The minimum absolute atomic E-state index is 0.0840. The molecule has 4 aromatic rings. The van der Waals surface area contributed by atoms with E-state index in [0.29, 0.717) is 56.5 Å². The summed E-state index contributed by atoms with van der Waals surface area (Å²) < 4.78 is 18.4. The molecular formula is C24H28N6O4S. The molecule has 0 fully saturated rings. The van der Waals surface area contributed by atoms with Gasteiger partial charge in [-0.15, -0.1) is 16.4 Å². The molecule has 11 heteroatoms.